The summed E-state index contributed by atoms with van der Waals surface area (Å²) in [7, 11) is 0. The maximum absolute atomic E-state index is 13.8. The predicted octanol–water partition coefficient (Wildman–Crippen LogP) is 4.49. The van der Waals surface area contributed by atoms with Crippen LogP contribution in [0.15, 0.2) is 41.9 Å². The van der Waals surface area contributed by atoms with Crippen LogP contribution in [0.5, 0.6) is 0 Å². The molecule has 7 heteroatoms. The summed E-state index contributed by atoms with van der Waals surface area (Å²) in [6.07, 6.45) is 4.46. The molecule has 0 saturated heterocycles. The van der Waals surface area contributed by atoms with Gasteiger partial charge in [0, 0.05) is 18.4 Å². The van der Waals surface area contributed by atoms with Crippen LogP contribution in [0.2, 0.25) is 5.15 Å². The van der Waals surface area contributed by atoms with Gasteiger partial charge in [0.1, 0.15) is 16.7 Å². The number of hydrogen-bond acceptors (Lipinski definition) is 2. The van der Waals surface area contributed by atoms with Gasteiger partial charge >= 0.3 is 0 Å². The van der Waals surface area contributed by atoms with E-state index in [4.69, 9.17) is 11.6 Å². The fourth-order valence-electron chi connectivity index (χ4n) is 2.69. The van der Waals surface area contributed by atoms with Gasteiger partial charge in [-0.1, -0.05) is 24.6 Å². The molecule has 0 aromatic carbocycles. The average Bonchev–Trinajstić information content (AvgIpc) is 2.98. The number of aromatic amines is 1. The second-order valence-corrected chi connectivity index (χ2v) is 6.87. The van der Waals surface area contributed by atoms with Gasteiger partial charge in [0.25, 0.3) is 5.91 Å². The van der Waals surface area contributed by atoms with Gasteiger partial charge in [0.2, 0.25) is 0 Å². The second kappa shape index (κ2) is 6.59. The molecule has 2 unspecified atom stereocenters. The molecule has 132 valence electrons. The van der Waals surface area contributed by atoms with Gasteiger partial charge in [-0.15, -0.1) is 0 Å². The molecule has 0 bridgehead atoms. The van der Waals surface area contributed by atoms with Crippen molar-refractivity contribution in [2.24, 2.45) is 5.92 Å². The van der Waals surface area contributed by atoms with Crippen molar-refractivity contribution in [3.63, 3.8) is 0 Å². The first-order chi connectivity index (χ1) is 11.8. The third kappa shape index (κ3) is 3.74. The highest BCUT2D eigenvalue weighted by Crippen LogP contribution is 2.34. The van der Waals surface area contributed by atoms with Crippen molar-refractivity contribution in [3.05, 3.63) is 52.7 Å². The van der Waals surface area contributed by atoms with E-state index in [1.54, 1.807) is 24.4 Å². The fraction of sp³-hybridized carbons (Fsp3) is 0.333. The molecular formula is C18H18ClF2N3O. The van der Waals surface area contributed by atoms with Crippen LogP contribution in [0.3, 0.4) is 0 Å². The Labute approximate surface area is 149 Å². The van der Waals surface area contributed by atoms with Gasteiger partial charge in [0.05, 0.1) is 11.7 Å². The molecule has 2 atom stereocenters. The molecule has 0 aliphatic heterocycles. The number of hydrogen-bond donors (Lipinski definition) is 2. The Morgan fingerprint density at radius 2 is 2.28 bits per heavy atom. The Balaban J connectivity index is 1.64. The van der Waals surface area contributed by atoms with E-state index in [-0.39, 0.29) is 18.2 Å². The molecule has 0 spiro atoms. The summed E-state index contributed by atoms with van der Waals surface area (Å²) in [6.45, 7) is 3.38. The quantitative estimate of drug-likeness (QED) is 0.784. The normalized spacial score (nSPS) is 21.6. The number of carbonyl (C=O) groups excluding carboxylic acids is 1. The number of fused-ring (bicyclic) bond motifs is 1. The molecule has 2 aromatic heterocycles. The maximum Gasteiger partial charge on any atom is 0.267 e. The van der Waals surface area contributed by atoms with Gasteiger partial charge in [-0.2, -0.15) is 0 Å². The lowest BCUT2D eigenvalue weighted by Crippen LogP contribution is -2.30. The lowest BCUT2D eigenvalue weighted by atomic mass is 9.89. The highest BCUT2D eigenvalue weighted by Gasteiger charge is 2.31. The first-order valence-corrected chi connectivity index (χ1v) is 8.33. The minimum atomic E-state index is -1.94. The lowest BCUT2D eigenvalue weighted by molar-refractivity contribution is 0.0945. The fourth-order valence-corrected chi connectivity index (χ4v) is 2.86. The van der Waals surface area contributed by atoms with Crippen LogP contribution in [0.1, 0.15) is 30.8 Å². The van der Waals surface area contributed by atoms with Gasteiger partial charge in [-0.05, 0) is 36.6 Å². The number of nitrogens with zero attached hydrogens (tertiary/aromatic N) is 1. The Kier molecular flexibility index (Phi) is 4.64. The molecule has 1 aliphatic rings. The van der Waals surface area contributed by atoms with Gasteiger partial charge in [-0.25, -0.2) is 13.8 Å². The number of nitrogens with one attached hydrogen (secondary N) is 2. The molecule has 2 heterocycles. The van der Waals surface area contributed by atoms with E-state index < -0.39 is 11.5 Å². The average molecular weight is 366 g/mol. The number of H-pyrrole nitrogens is 1. The van der Waals surface area contributed by atoms with Crippen molar-refractivity contribution in [1.29, 1.82) is 0 Å². The number of alkyl halides is 1. The van der Waals surface area contributed by atoms with Crippen molar-refractivity contribution >= 4 is 28.4 Å². The van der Waals surface area contributed by atoms with E-state index in [0.29, 0.717) is 28.5 Å². The summed E-state index contributed by atoms with van der Waals surface area (Å²) in [5, 5.41) is 3.94. The SMILES string of the molecule is CC(CNC(=O)c1cc2cc(Cl)ncc2[nH]1)C1=CCC(C)(F)C(F)=C1. The predicted molar refractivity (Wildman–Crippen MR) is 94.0 cm³/mol. The van der Waals surface area contributed by atoms with E-state index in [1.165, 1.54) is 13.0 Å². The van der Waals surface area contributed by atoms with Crippen molar-refractivity contribution in [2.75, 3.05) is 6.54 Å². The van der Waals surface area contributed by atoms with Crippen LogP contribution >= 0.6 is 11.6 Å². The maximum atomic E-state index is 13.8. The molecule has 3 rings (SSSR count). The molecule has 2 aromatic rings. The zero-order valence-corrected chi connectivity index (χ0v) is 14.6. The topological polar surface area (TPSA) is 57.8 Å². The third-order valence-corrected chi connectivity index (χ3v) is 4.57. The van der Waals surface area contributed by atoms with E-state index >= 15 is 0 Å². The van der Waals surface area contributed by atoms with Gasteiger partial charge < -0.3 is 10.3 Å². The number of allylic oxidation sites excluding steroid dienone is 3. The summed E-state index contributed by atoms with van der Waals surface area (Å²) in [5.41, 5.74) is -0.154. The molecule has 0 radical (unpaired) electrons. The highest BCUT2D eigenvalue weighted by molar-refractivity contribution is 6.30. The van der Waals surface area contributed by atoms with Crippen LogP contribution < -0.4 is 5.32 Å². The van der Waals surface area contributed by atoms with E-state index in [2.05, 4.69) is 15.3 Å². The van der Waals surface area contributed by atoms with E-state index in [9.17, 15) is 13.6 Å². The largest absolute Gasteiger partial charge is 0.350 e. The Hall–Kier alpha value is -2.21. The number of pyridine rings is 1. The molecular weight excluding hydrogens is 348 g/mol. The zero-order chi connectivity index (χ0) is 18.2. The van der Waals surface area contributed by atoms with Crippen LogP contribution in [-0.2, 0) is 0 Å². The van der Waals surface area contributed by atoms with Crippen molar-refractivity contribution in [3.8, 4) is 0 Å². The molecule has 2 N–H and O–H groups in total. The highest BCUT2D eigenvalue weighted by atomic mass is 35.5. The van der Waals surface area contributed by atoms with Crippen LogP contribution in [0, 0.1) is 5.92 Å². The lowest BCUT2D eigenvalue weighted by Gasteiger charge is -2.24. The van der Waals surface area contributed by atoms with E-state index in [1.807, 2.05) is 6.92 Å². The van der Waals surface area contributed by atoms with Gasteiger partial charge in [0.15, 0.2) is 5.67 Å². The molecule has 0 fully saturated rings. The number of carbonyl (C=O) groups is 1. The Morgan fingerprint density at radius 3 is 3.00 bits per heavy atom. The molecule has 1 amide bonds. The Bertz CT molecular complexity index is 886. The summed E-state index contributed by atoms with van der Waals surface area (Å²) < 4.78 is 27.5. The van der Waals surface area contributed by atoms with Crippen molar-refractivity contribution < 1.29 is 13.6 Å². The summed E-state index contributed by atoms with van der Waals surface area (Å²) in [6, 6.07) is 3.36. The third-order valence-electron chi connectivity index (χ3n) is 4.37. The monoisotopic (exact) mass is 365 g/mol. The standard InChI is InChI=1S/C18H18ClF2N3O/c1-10(11-3-4-18(2,21)15(20)6-11)8-23-17(25)13-5-12-7-16(19)22-9-14(12)24-13/h3,5-7,9-10,24H,4,8H2,1-2H3,(H,23,25). The smallest absolute Gasteiger partial charge is 0.267 e. The van der Waals surface area contributed by atoms with Gasteiger partial charge in [-0.3, -0.25) is 4.79 Å². The first kappa shape index (κ1) is 17.6. The Morgan fingerprint density at radius 1 is 1.52 bits per heavy atom. The molecule has 1 aliphatic carbocycles. The molecule has 25 heavy (non-hydrogen) atoms. The second-order valence-electron chi connectivity index (χ2n) is 6.49. The summed E-state index contributed by atoms with van der Waals surface area (Å²) in [5.74, 6) is -1.19. The summed E-state index contributed by atoms with van der Waals surface area (Å²) in [4.78, 5) is 19.2. The number of amides is 1. The van der Waals surface area contributed by atoms with Crippen LogP contribution in [0.25, 0.3) is 10.9 Å². The number of aromatic nitrogens is 2. The van der Waals surface area contributed by atoms with E-state index in [0.717, 1.165) is 5.39 Å². The minimum absolute atomic E-state index is 0.00126. The number of rotatable bonds is 4. The molecule has 4 nitrogen and oxygen atoms in total. The molecule has 0 saturated carbocycles. The first-order valence-electron chi connectivity index (χ1n) is 7.95. The van der Waals surface area contributed by atoms with Crippen molar-refractivity contribution in [2.45, 2.75) is 25.9 Å². The minimum Gasteiger partial charge on any atom is -0.350 e. The number of halogens is 3. The zero-order valence-electron chi connectivity index (χ0n) is 13.9. The van der Waals surface area contributed by atoms with Crippen LogP contribution in [-0.4, -0.2) is 28.1 Å². The van der Waals surface area contributed by atoms with Crippen molar-refractivity contribution in [1.82, 2.24) is 15.3 Å². The summed E-state index contributed by atoms with van der Waals surface area (Å²) >= 11 is 5.83. The van der Waals surface area contributed by atoms with Crippen LogP contribution in [0.4, 0.5) is 8.78 Å².